The van der Waals surface area contributed by atoms with Gasteiger partial charge in [-0.15, -0.1) is 0 Å². The largest absolute Gasteiger partial charge is 0.494 e. The number of hydrogen-bond acceptors (Lipinski definition) is 1. The van der Waals surface area contributed by atoms with E-state index in [4.69, 9.17) is 4.74 Å². The molecule has 2 rings (SSSR count). The second-order valence-electron chi connectivity index (χ2n) is 9.72. The van der Waals surface area contributed by atoms with Gasteiger partial charge in [0.2, 0.25) is 0 Å². The molecule has 0 saturated heterocycles. The lowest BCUT2D eigenvalue weighted by atomic mass is 9.67. The first-order chi connectivity index (χ1) is 14.2. The Balaban J connectivity index is 1.78. The van der Waals surface area contributed by atoms with Gasteiger partial charge in [0, 0.05) is 0 Å². The highest BCUT2D eigenvalue weighted by atomic mass is 16.5. The Morgan fingerprint density at radius 1 is 0.793 bits per heavy atom. The van der Waals surface area contributed by atoms with Gasteiger partial charge in [0.15, 0.2) is 0 Å². The zero-order valence-electron chi connectivity index (χ0n) is 19.9. The van der Waals surface area contributed by atoms with Gasteiger partial charge in [-0.25, -0.2) is 0 Å². The summed E-state index contributed by atoms with van der Waals surface area (Å²) in [7, 11) is 0. The van der Waals surface area contributed by atoms with Gasteiger partial charge in [-0.05, 0) is 74.1 Å². The molecule has 1 aromatic carbocycles. The van der Waals surface area contributed by atoms with Gasteiger partial charge < -0.3 is 4.74 Å². The van der Waals surface area contributed by atoms with E-state index in [0.29, 0.717) is 5.41 Å². The Hall–Kier alpha value is -0.980. The molecule has 1 aromatic rings. The second kappa shape index (κ2) is 14.1. The number of aryl methyl sites for hydroxylation is 2. The van der Waals surface area contributed by atoms with Crippen LogP contribution in [0.15, 0.2) is 18.2 Å². The molecular formula is C28H48O. The minimum atomic E-state index is 0.632. The maximum absolute atomic E-state index is 6.03. The van der Waals surface area contributed by atoms with Crippen LogP contribution in [0.2, 0.25) is 0 Å². The van der Waals surface area contributed by atoms with Gasteiger partial charge in [0.05, 0.1) is 6.61 Å². The highest BCUT2D eigenvalue weighted by molar-refractivity contribution is 5.35. The summed E-state index contributed by atoms with van der Waals surface area (Å²) >= 11 is 0. The van der Waals surface area contributed by atoms with E-state index in [2.05, 4.69) is 39.0 Å². The Kier molecular flexibility index (Phi) is 11.8. The first kappa shape index (κ1) is 24.3. The quantitative estimate of drug-likeness (QED) is 0.267. The molecule has 0 unspecified atom stereocenters. The molecule has 29 heavy (non-hydrogen) atoms. The van der Waals surface area contributed by atoms with E-state index in [9.17, 15) is 0 Å². The molecule has 0 aromatic heterocycles. The summed E-state index contributed by atoms with van der Waals surface area (Å²) in [6.45, 7) is 7.74. The van der Waals surface area contributed by atoms with E-state index in [1.54, 1.807) is 0 Å². The third-order valence-electron chi connectivity index (χ3n) is 7.23. The molecule has 0 spiro atoms. The smallest absolute Gasteiger partial charge is 0.119 e. The molecule has 1 aliphatic carbocycles. The Labute approximate surface area is 182 Å². The molecule has 0 atom stereocenters. The molecule has 1 nitrogen and oxygen atoms in total. The lowest BCUT2D eigenvalue weighted by molar-refractivity contribution is 0.152. The Bertz CT molecular complexity index is 541. The minimum absolute atomic E-state index is 0.632. The summed E-state index contributed by atoms with van der Waals surface area (Å²) in [5.74, 6) is 1.06. The fraction of sp³-hybridized carbons (Fsp3) is 0.786. The van der Waals surface area contributed by atoms with Crippen molar-refractivity contribution in [1.82, 2.24) is 0 Å². The number of rotatable bonds is 15. The molecule has 0 aliphatic heterocycles. The van der Waals surface area contributed by atoms with Gasteiger partial charge in [-0.3, -0.25) is 0 Å². The normalized spacial score (nSPS) is 16.1. The van der Waals surface area contributed by atoms with E-state index in [1.165, 1.54) is 120 Å². The number of benzene rings is 1. The molecule has 166 valence electrons. The van der Waals surface area contributed by atoms with Crippen molar-refractivity contribution < 1.29 is 4.74 Å². The summed E-state index contributed by atoms with van der Waals surface area (Å²) in [6.07, 6.45) is 23.5. The van der Waals surface area contributed by atoms with Crippen LogP contribution in [-0.2, 0) is 6.42 Å². The summed E-state index contributed by atoms with van der Waals surface area (Å²) < 4.78 is 6.03. The van der Waals surface area contributed by atoms with E-state index in [0.717, 1.165) is 12.4 Å². The molecule has 0 heterocycles. The Morgan fingerprint density at radius 2 is 1.48 bits per heavy atom. The molecule has 1 fully saturated rings. The average molecular weight is 401 g/mol. The van der Waals surface area contributed by atoms with E-state index < -0.39 is 0 Å². The van der Waals surface area contributed by atoms with Crippen molar-refractivity contribution in [3.05, 3.63) is 29.3 Å². The van der Waals surface area contributed by atoms with Crippen LogP contribution in [0.3, 0.4) is 0 Å². The summed E-state index contributed by atoms with van der Waals surface area (Å²) in [5.41, 5.74) is 3.59. The standard InChI is InChI=1S/C28H48O/c1-4-6-8-9-10-15-23-29-27-17-16-26(25(3)24-27)18-22-28(19-12-7-5-2)20-13-11-14-21-28/h16-17,24H,4-15,18-23H2,1-3H3. The first-order valence-electron chi connectivity index (χ1n) is 12.9. The van der Waals surface area contributed by atoms with Gasteiger partial charge in [-0.2, -0.15) is 0 Å². The summed E-state index contributed by atoms with van der Waals surface area (Å²) in [4.78, 5) is 0. The van der Waals surface area contributed by atoms with Gasteiger partial charge in [-0.1, -0.05) is 90.5 Å². The van der Waals surface area contributed by atoms with Crippen molar-refractivity contribution >= 4 is 0 Å². The van der Waals surface area contributed by atoms with Crippen molar-refractivity contribution in [2.75, 3.05) is 6.61 Å². The topological polar surface area (TPSA) is 9.23 Å². The summed E-state index contributed by atoms with van der Waals surface area (Å²) in [5, 5.41) is 0. The van der Waals surface area contributed by atoms with E-state index in [-0.39, 0.29) is 0 Å². The first-order valence-corrected chi connectivity index (χ1v) is 12.9. The number of ether oxygens (including phenoxy) is 1. The number of hydrogen-bond donors (Lipinski definition) is 0. The highest BCUT2D eigenvalue weighted by Crippen LogP contribution is 2.44. The maximum atomic E-state index is 6.03. The van der Waals surface area contributed by atoms with Crippen LogP contribution < -0.4 is 4.74 Å². The van der Waals surface area contributed by atoms with Crippen LogP contribution in [0.4, 0.5) is 0 Å². The maximum Gasteiger partial charge on any atom is 0.119 e. The van der Waals surface area contributed by atoms with Gasteiger partial charge in [0.1, 0.15) is 5.75 Å². The molecule has 0 N–H and O–H groups in total. The molecule has 1 aliphatic rings. The van der Waals surface area contributed by atoms with Crippen LogP contribution in [0.1, 0.15) is 128 Å². The molecule has 1 heteroatoms. The molecule has 0 bridgehead atoms. The molecular weight excluding hydrogens is 352 g/mol. The predicted octanol–water partition coefficient (Wildman–Crippen LogP) is 9.20. The fourth-order valence-corrected chi connectivity index (χ4v) is 5.19. The zero-order chi connectivity index (χ0) is 20.8. The minimum Gasteiger partial charge on any atom is -0.494 e. The summed E-state index contributed by atoms with van der Waals surface area (Å²) in [6, 6.07) is 6.83. The lowest BCUT2D eigenvalue weighted by Crippen LogP contribution is -2.25. The van der Waals surface area contributed by atoms with Gasteiger partial charge in [0.25, 0.3) is 0 Å². The number of unbranched alkanes of at least 4 members (excludes halogenated alkanes) is 7. The Morgan fingerprint density at radius 3 is 2.21 bits per heavy atom. The third-order valence-corrected chi connectivity index (χ3v) is 7.23. The monoisotopic (exact) mass is 400 g/mol. The van der Waals surface area contributed by atoms with Crippen LogP contribution >= 0.6 is 0 Å². The van der Waals surface area contributed by atoms with Crippen molar-refractivity contribution in [1.29, 1.82) is 0 Å². The van der Waals surface area contributed by atoms with Crippen molar-refractivity contribution in [2.24, 2.45) is 5.41 Å². The van der Waals surface area contributed by atoms with Crippen LogP contribution in [0.5, 0.6) is 5.75 Å². The van der Waals surface area contributed by atoms with Crippen LogP contribution in [0, 0.1) is 12.3 Å². The molecule has 1 saturated carbocycles. The third kappa shape index (κ3) is 9.14. The lowest BCUT2D eigenvalue weighted by Gasteiger charge is -2.38. The van der Waals surface area contributed by atoms with Crippen molar-refractivity contribution in [2.45, 2.75) is 130 Å². The highest BCUT2D eigenvalue weighted by Gasteiger charge is 2.31. The molecule has 0 amide bonds. The second-order valence-corrected chi connectivity index (χ2v) is 9.72. The van der Waals surface area contributed by atoms with E-state index >= 15 is 0 Å². The zero-order valence-corrected chi connectivity index (χ0v) is 19.9. The SMILES string of the molecule is CCCCCCCCOc1ccc(CCC2(CCCCC)CCCCC2)c(C)c1. The van der Waals surface area contributed by atoms with Gasteiger partial charge >= 0.3 is 0 Å². The van der Waals surface area contributed by atoms with Crippen LogP contribution in [0.25, 0.3) is 0 Å². The van der Waals surface area contributed by atoms with Crippen LogP contribution in [-0.4, -0.2) is 6.61 Å². The predicted molar refractivity (Wildman–Crippen MR) is 128 cm³/mol. The average Bonchev–Trinajstić information content (AvgIpc) is 2.73. The molecule has 0 radical (unpaired) electrons. The van der Waals surface area contributed by atoms with Crippen molar-refractivity contribution in [3.8, 4) is 5.75 Å². The van der Waals surface area contributed by atoms with E-state index in [1.807, 2.05) is 0 Å². The fourth-order valence-electron chi connectivity index (χ4n) is 5.19. The van der Waals surface area contributed by atoms with Crippen molar-refractivity contribution in [3.63, 3.8) is 0 Å².